The molecule has 26 heavy (non-hydrogen) atoms. The Morgan fingerprint density at radius 3 is 2.81 bits per heavy atom. The lowest BCUT2D eigenvalue weighted by Gasteiger charge is -2.24. The molecule has 1 unspecified atom stereocenters. The highest BCUT2D eigenvalue weighted by molar-refractivity contribution is 5.82. The third-order valence-electron chi connectivity index (χ3n) is 5.18. The van der Waals surface area contributed by atoms with E-state index < -0.39 is 0 Å². The molecule has 2 heterocycles. The van der Waals surface area contributed by atoms with E-state index in [0.29, 0.717) is 5.89 Å². The van der Waals surface area contributed by atoms with E-state index in [-0.39, 0.29) is 17.9 Å². The number of hydrogen-bond donors (Lipinski definition) is 0. The maximum atomic E-state index is 12.5. The lowest BCUT2D eigenvalue weighted by Crippen LogP contribution is -2.33. The highest BCUT2D eigenvalue weighted by Gasteiger charge is 2.34. The molecule has 0 spiro atoms. The van der Waals surface area contributed by atoms with Crippen LogP contribution in [-0.4, -0.2) is 22.3 Å². The Labute approximate surface area is 153 Å². The van der Waals surface area contributed by atoms with Crippen molar-refractivity contribution < 1.29 is 9.21 Å². The molecule has 4 rings (SSSR count). The molecule has 0 saturated carbocycles. The van der Waals surface area contributed by atoms with Crippen LogP contribution >= 0.6 is 0 Å². The molecule has 1 aliphatic rings. The van der Waals surface area contributed by atoms with Crippen molar-refractivity contribution in [3.8, 4) is 11.1 Å². The first kappa shape index (κ1) is 16.8. The molecule has 1 atom stereocenters. The largest absolute Gasteiger partial charge is 0.438 e. The van der Waals surface area contributed by atoms with E-state index in [1.165, 1.54) is 11.1 Å². The summed E-state index contributed by atoms with van der Waals surface area (Å²) in [4.78, 5) is 19.1. The van der Waals surface area contributed by atoms with Gasteiger partial charge in [-0.05, 0) is 48.6 Å². The van der Waals surface area contributed by atoms with Crippen molar-refractivity contribution in [3.05, 3.63) is 53.9 Å². The maximum absolute atomic E-state index is 12.5. The lowest BCUT2D eigenvalue weighted by molar-refractivity contribution is -0.135. The number of oxazole rings is 1. The van der Waals surface area contributed by atoms with Gasteiger partial charge in [0.05, 0.1) is 0 Å². The molecular formula is C22H24N2O2. The average Bonchev–Trinajstić information content (AvgIpc) is 3.27. The summed E-state index contributed by atoms with van der Waals surface area (Å²) >= 11 is 0. The second kappa shape index (κ2) is 6.60. The van der Waals surface area contributed by atoms with E-state index in [1.807, 2.05) is 30.9 Å². The summed E-state index contributed by atoms with van der Waals surface area (Å²) in [5, 5.41) is 0. The summed E-state index contributed by atoms with van der Waals surface area (Å²) in [7, 11) is 0. The van der Waals surface area contributed by atoms with Gasteiger partial charge in [0, 0.05) is 12.5 Å². The highest BCUT2D eigenvalue weighted by atomic mass is 16.3. The van der Waals surface area contributed by atoms with E-state index in [1.54, 1.807) is 0 Å². The number of carbonyl (C=O) groups is 1. The third-order valence-corrected chi connectivity index (χ3v) is 5.18. The first-order valence-electron chi connectivity index (χ1n) is 9.31. The van der Waals surface area contributed by atoms with Gasteiger partial charge in [-0.25, -0.2) is 4.98 Å². The van der Waals surface area contributed by atoms with Crippen LogP contribution in [0.15, 0.2) is 46.9 Å². The van der Waals surface area contributed by atoms with Gasteiger partial charge in [0.25, 0.3) is 0 Å². The van der Waals surface area contributed by atoms with Gasteiger partial charge in [-0.2, -0.15) is 0 Å². The molecule has 1 aromatic heterocycles. The highest BCUT2D eigenvalue weighted by Crippen LogP contribution is 2.35. The zero-order chi connectivity index (χ0) is 18.3. The molecule has 2 aromatic carbocycles. The molecule has 0 aliphatic carbocycles. The predicted octanol–water partition coefficient (Wildman–Crippen LogP) is 5.12. The molecule has 0 radical (unpaired) electrons. The number of aromatic nitrogens is 1. The summed E-state index contributed by atoms with van der Waals surface area (Å²) in [6, 6.07) is 14.4. The fourth-order valence-corrected chi connectivity index (χ4v) is 3.77. The van der Waals surface area contributed by atoms with Gasteiger partial charge in [0.2, 0.25) is 11.8 Å². The molecule has 4 heteroatoms. The fourth-order valence-electron chi connectivity index (χ4n) is 3.77. The number of carbonyl (C=O) groups excluding carboxylic acids is 1. The second-order valence-electron chi connectivity index (χ2n) is 7.39. The molecule has 4 nitrogen and oxygen atoms in total. The topological polar surface area (TPSA) is 46.3 Å². The molecule has 1 saturated heterocycles. The van der Waals surface area contributed by atoms with Gasteiger partial charge in [-0.15, -0.1) is 0 Å². The molecular weight excluding hydrogens is 324 g/mol. The van der Waals surface area contributed by atoms with Gasteiger partial charge in [0.1, 0.15) is 11.6 Å². The van der Waals surface area contributed by atoms with Crippen LogP contribution in [0.1, 0.15) is 44.2 Å². The SMILES string of the molecule is Cc1ccccc1-c1ccc2oc(C3CCCN3C(=O)C(C)C)nc2c1. The van der Waals surface area contributed by atoms with Gasteiger partial charge >= 0.3 is 0 Å². The van der Waals surface area contributed by atoms with E-state index in [2.05, 4.69) is 37.3 Å². The van der Waals surface area contributed by atoms with E-state index in [9.17, 15) is 4.79 Å². The van der Waals surface area contributed by atoms with Gasteiger partial charge in [-0.3, -0.25) is 4.79 Å². The van der Waals surface area contributed by atoms with Crippen molar-refractivity contribution in [2.24, 2.45) is 5.92 Å². The standard InChI is InChI=1S/C22H24N2O2/c1-14(2)22(25)24-12-6-9-19(24)21-23-18-13-16(10-11-20(18)26-21)17-8-5-4-7-15(17)3/h4-5,7-8,10-11,13-14,19H,6,9,12H2,1-3H3. The van der Waals surface area contributed by atoms with Crippen LogP contribution in [0.3, 0.4) is 0 Å². The van der Waals surface area contributed by atoms with E-state index in [4.69, 9.17) is 9.40 Å². The third kappa shape index (κ3) is 2.90. The Morgan fingerprint density at radius 1 is 1.23 bits per heavy atom. The van der Waals surface area contributed by atoms with Crippen LogP contribution in [0, 0.1) is 12.8 Å². The van der Waals surface area contributed by atoms with Crippen LogP contribution in [0.4, 0.5) is 0 Å². The Hall–Kier alpha value is -2.62. The fraction of sp³-hybridized carbons (Fsp3) is 0.364. The van der Waals surface area contributed by atoms with Crippen LogP contribution < -0.4 is 0 Å². The summed E-state index contributed by atoms with van der Waals surface area (Å²) in [6.45, 7) is 6.78. The van der Waals surface area contributed by atoms with Crippen molar-refractivity contribution in [1.82, 2.24) is 9.88 Å². The molecule has 0 N–H and O–H groups in total. The van der Waals surface area contributed by atoms with Crippen molar-refractivity contribution in [3.63, 3.8) is 0 Å². The van der Waals surface area contributed by atoms with E-state index >= 15 is 0 Å². The minimum atomic E-state index is -0.0424. The number of aryl methyl sites for hydroxylation is 1. The Kier molecular flexibility index (Phi) is 4.27. The van der Waals surface area contributed by atoms with E-state index in [0.717, 1.165) is 36.0 Å². The number of rotatable bonds is 3. The zero-order valence-electron chi connectivity index (χ0n) is 15.5. The minimum Gasteiger partial charge on any atom is -0.438 e. The average molecular weight is 348 g/mol. The van der Waals surface area contributed by atoms with Crippen LogP contribution in [0.5, 0.6) is 0 Å². The summed E-state index contributed by atoms with van der Waals surface area (Å²) in [5.41, 5.74) is 5.21. The number of amides is 1. The smallest absolute Gasteiger partial charge is 0.225 e. The number of benzene rings is 2. The van der Waals surface area contributed by atoms with Gasteiger partial charge < -0.3 is 9.32 Å². The van der Waals surface area contributed by atoms with Crippen molar-refractivity contribution >= 4 is 17.0 Å². The monoisotopic (exact) mass is 348 g/mol. The molecule has 1 aliphatic heterocycles. The first-order chi connectivity index (χ1) is 12.5. The number of hydrogen-bond acceptors (Lipinski definition) is 3. The second-order valence-corrected chi connectivity index (χ2v) is 7.39. The van der Waals surface area contributed by atoms with Crippen molar-refractivity contribution in [2.75, 3.05) is 6.54 Å². The Morgan fingerprint density at radius 2 is 2.04 bits per heavy atom. The van der Waals surface area contributed by atoms with Gasteiger partial charge in [0.15, 0.2) is 5.58 Å². The number of nitrogens with zero attached hydrogens (tertiary/aromatic N) is 2. The summed E-state index contributed by atoms with van der Waals surface area (Å²) in [5.74, 6) is 0.830. The van der Waals surface area contributed by atoms with Crippen molar-refractivity contribution in [1.29, 1.82) is 0 Å². The predicted molar refractivity (Wildman–Crippen MR) is 103 cm³/mol. The zero-order valence-corrected chi connectivity index (χ0v) is 15.5. The Bertz CT molecular complexity index is 958. The van der Waals surface area contributed by atoms with Crippen LogP contribution in [-0.2, 0) is 4.79 Å². The normalized spacial score (nSPS) is 17.4. The quantitative estimate of drug-likeness (QED) is 0.660. The molecule has 0 bridgehead atoms. The number of likely N-dealkylation sites (tertiary alicyclic amines) is 1. The Balaban J connectivity index is 1.70. The van der Waals surface area contributed by atoms with Crippen LogP contribution in [0.2, 0.25) is 0 Å². The maximum Gasteiger partial charge on any atom is 0.225 e. The molecule has 3 aromatic rings. The van der Waals surface area contributed by atoms with Crippen molar-refractivity contribution in [2.45, 2.75) is 39.7 Å². The molecule has 1 amide bonds. The minimum absolute atomic E-state index is 0.00682. The first-order valence-corrected chi connectivity index (χ1v) is 9.31. The molecule has 1 fully saturated rings. The van der Waals surface area contributed by atoms with Crippen LogP contribution in [0.25, 0.3) is 22.2 Å². The van der Waals surface area contributed by atoms with Gasteiger partial charge in [-0.1, -0.05) is 44.2 Å². The summed E-state index contributed by atoms with van der Waals surface area (Å²) in [6.07, 6.45) is 1.91. The number of fused-ring (bicyclic) bond motifs is 1. The summed E-state index contributed by atoms with van der Waals surface area (Å²) < 4.78 is 6.03. The lowest BCUT2D eigenvalue weighted by atomic mass is 10.0. The molecule has 134 valence electrons.